The standard InChI is InChI=1S/C37H64N7O18P3S/c1-4-5-14-25(45)15-12-10-8-6-7-9-11-13-16-28(47)66-20-19-39-27(46)17-18-40-35(50)32(49)37(2,3)22-59-65(56,57)62-64(54,55)58-21-26-31(61-63(51,52)53)30(48)36(60-26)44-24-43-29-33(38)41-23-42-34(29)44/h10,12,23-26,30-32,36,45,48-49H,4-9,11,13-22H2,1-3H3,(H,39,46)(H,40,50)(H,54,55)(H,56,57)(H2,38,41,42)(H2,51,52,53)/b12-10+. The van der Waals surface area contributed by atoms with Crippen molar-refractivity contribution in [2.75, 3.05) is 37.8 Å². The van der Waals surface area contributed by atoms with Crippen LogP contribution in [0.4, 0.5) is 5.82 Å². The van der Waals surface area contributed by atoms with Crippen LogP contribution in [0.5, 0.6) is 0 Å². The zero-order valence-corrected chi connectivity index (χ0v) is 40.5. The molecule has 3 heterocycles. The summed E-state index contributed by atoms with van der Waals surface area (Å²) >= 11 is 1.13. The number of allylic oxidation sites excluding steroid dienone is 1. The fraction of sp³-hybridized carbons (Fsp3) is 0.730. The van der Waals surface area contributed by atoms with E-state index >= 15 is 0 Å². The van der Waals surface area contributed by atoms with Gasteiger partial charge in [-0.15, -0.1) is 0 Å². The first-order valence-electron chi connectivity index (χ1n) is 21.3. The zero-order chi connectivity index (χ0) is 49.1. The number of nitrogens with two attached hydrogens (primary N) is 1. The molecule has 0 radical (unpaired) electrons. The molecule has 1 aliphatic heterocycles. The summed E-state index contributed by atoms with van der Waals surface area (Å²) in [6.07, 6.45) is 6.93. The number of aliphatic hydroxyl groups excluding tert-OH is 3. The number of rotatable bonds is 32. The highest BCUT2D eigenvalue weighted by atomic mass is 32.2. The molecule has 1 saturated heterocycles. The summed E-state index contributed by atoms with van der Waals surface area (Å²) in [5.41, 5.74) is 4.27. The predicted molar refractivity (Wildman–Crippen MR) is 239 cm³/mol. The number of nitrogens with zero attached hydrogens (tertiary/aromatic N) is 4. The normalized spacial score (nSPS) is 20.8. The van der Waals surface area contributed by atoms with Gasteiger partial charge >= 0.3 is 23.5 Å². The van der Waals surface area contributed by atoms with Crippen molar-refractivity contribution in [1.29, 1.82) is 0 Å². The van der Waals surface area contributed by atoms with Crippen molar-refractivity contribution in [3.63, 3.8) is 0 Å². The highest BCUT2D eigenvalue weighted by Crippen LogP contribution is 2.61. The maximum Gasteiger partial charge on any atom is 0.481 e. The van der Waals surface area contributed by atoms with E-state index in [1.807, 2.05) is 6.08 Å². The smallest absolute Gasteiger partial charge is 0.393 e. The monoisotopic (exact) mass is 1020 g/mol. The van der Waals surface area contributed by atoms with Crippen LogP contribution in [-0.4, -0.2) is 134 Å². The first kappa shape index (κ1) is 57.6. The average molecular weight is 1020 g/mol. The lowest BCUT2D eigenvalue weighted by Gasteiger charge is -2.30. The number of hydrogen-bond donors (Lipinski definition) is 10. The second-order valence-corrected chi connectivity index (χ2v) is 21.5. The van der Waals surface area contributed by atoms with E-state index in [4.69, 9.17) is 19.5 Å². The Kier molecular flexibility index (Phi) is 23.9. The van der Waals surface area contributed by atoms with Crippen LogP contribution in [-0.2, 0) is 50.7 Å². The van der Waals surface area contributed by atoms with E-state index in [1.165, 1.54) is 13.8 Å². The van der Waals surface area contributed by atoms with Gasteiger partial charge in [-0.3, -0.25) is 32.5 Å². The van der Waals surface area contributed by atoms with Crippen LogP contribution >= 0.6 is 35.2 Å². The molecule has 376 valence electrons. The Bertz CT molecular complexity index is 2040. The SMILES string of the molecule is CCCCC(O)C/C=C/CCCCCCCC(=O)SCCNC(=O)CCNC(=O)C(O)C(C)(C)COP(=O)(O)OP(=O)(O)OCC1OC(n2cnc3c(N)ncnc32)C(O)C1OP(=O)(O)O. The van der Waals surface area contributed by atoms with E-state index in [1.54, 1.807) is 0 Å². The Morgan fingerprint density at radius 3 is 2.36 bits per heavy atom. The summed E-state index contributed by atoms with van der Waals surface area (Å²) in [7, 11) is -16.4. The van der Waals surface area contributed by atoms with Gasteiger partial charge in [-0.1, -0.05) is 76.8 Å². The predicted octanol–water partition coefficient (Wildman–Crippen LogP) is 2.89. The molecule has 11 N–H and O–H groups in total. The van der Waals surface area contributed by atoms with Gasteiger partial charge in [0.15, 0.2) is 22.8 Å². The van der Waals surface area contributed by atoms with Crippen LogP contribution in [0.1, 0.15) is 104 Å². The number of hydrogen-bond acceptors (Lipinski definition) is 19. The van der Waals surface area contributed by atoms with Crippen LogP contribution in [0.2, 0.25) is 0 Å². The average Bonchev–Trinajstić information content (AvgIpc) is 3.80. The number of fused-ring (bicyclic) bond motifs is 1. The third-order valence-corrected chi connectivity index (χ3v) is 14.0. The third-order valence-electron chi connectivity index (χ3n) is 9.98. The lowest BCUT2D eigenvalue weighted by molar-refractivity contribution is -0.137. The molecule has 1 aliphatic rings. The Labute approximate surface area is 386 Å². The van der Waals surface area contributed by atoms with Gasteiger partial charge in [-0.2, -0.15) is 4.31 Å². The number of imidazole rings is 1. The van der Waals surface area contributed by atoms with Gasteiger partial charge in [0.05, 0.1) is 25.6 Å². The molecule has 2 amide bonds. The van der Waals surface area contributed by atoms with Crippen molar-refractivity contribution in [1.82, 2.24) is 30.2 Å². The summed E-state index contributed by atoms with van der Waals surface area (Å²) in [5, 5.41) is 36.4. The van der Waals surface area contributed by atoms with Crippen LogP contribution in [0.15, 0.2) is 24.8 Å². The molecule has 2 aromatic rings. The van der Waals surface area contributed by atoms with Crippen molar-refractivity contribution in [3.05, 3.63) is 24.8 Å². The highest BCUT2D eigenvalue weighted by Gasteiger charge is 2.50. The number of carbonyl (C=O) groups is 3. The fourth-order valence-corrected chi connectivity index (χ4v) is 9.91. The van der Waals surface area contributed by atoms with Gasteiger partial charge in [-0.05, 0) is 32.1 Å². The van der Waals surface area contributed by atoms with Crippen molar-refractivity contribution in [3.8, 4) is 0 Å². The molecule has 0 bridgehead atoms. The van der Waals surface area contributed by atoms with Gasteiger partial charge in [0.1, 0.15) is 36.3 Å². The molecule has 0 aliphatic carbocycles. The van der Waals surface area contributed by atoms with E-state index in [2.05, 4.69) is 47.4 Å². The number of aliphatic hydroxyl groups is 3. The summed E-state index contributed by atoms with van der Waals surface area (Å²) in [6.45, 7) is 2.62. The van der Waals surface area contributed by atoms with Crippen LogP contribution in [0.25, 0.3) is 11.2 Å². The second-order valence-electron chi connectivity index (χ2n) is 16.1. The number of aromatic nitrogens is 4. The molecule has 0 spiro atoms. The third kappa shape index (κ3) is 20.5. The van der Waals surface area contributed by atoms with Gasteiger partial charge in [0.25, 0.3) is 0 Å². The van der Waals surface area contributed by atoms with E-state index in [0.717, 1.165) is 86.8 Å². The van der Waals surface area contributed by atoms with Crippen molar-refractivity contribution in [2.45, 2.75) is 135 Å². The minimum absolute atomic E-state index is 0.0296. The second kappa shape index (κ2) is 27.4. The quantitative estimate of drug-likeness (QED) is 0.0286. The molecular formula is C37H64N7O18P3S. The summed E-state index contributed by atoms with van der Waals surface area (Å²) in [5.74, 6) is -1.08. The number of phosphoric acid groups is 3. The Balaban J connectivity index is 1.32. The van der Waals surface area contributed by atoms with Crippen LogP contribution < -0.4 is 16.4 Å². The number of unbranched alkanes of at least 4 members (excludes halogenated alkanes) is 6. The molecule has 29 heteroatoms. The number of anilines is 1. The Morgan fingerprint density at radius 2 is 1.65 bits per heavy atom. The van der Waals surface area contributed by atoms with Gasteiger partial charge in [0.2, 0.25) is 11.8 Å². The summed E-state index contributed by atoms with van der Waals surface area (Å²) < 4.78 is 62.4. The van der Waals surface area contributed by atoms with Crippen molar-refractivity contribution < 1.29 is 85.6 Å². The van der Waals surface area contributed by atoms with E-state index < -0.39 is 84.6 Å². The Hall–Kier alpha value is -2.74. The maximum atomic E-state index is 12.7. The molecule has 2 aromatic heterocycles. The minimum atomic E-state index is -5.58. The maximum absolute atomic E-state index is 12.7. The topological polar surface area (TPSA) is 384 Å². The largest absolute Gasteiger partial charge is 0.481 e. The number of thioether (sulfide) groups is 1. The molecule has 1 fully saturated rings. The molecule has 66 heavy (non-hydrogen) atoms. The van der Waals surface area contributed by atoms with Crippen LogP contribution in [0.3, 0.4) is 0 Å². The lowest BCUT2D eigenvalue weighted by Crippen LogP contribution is -2.46. The summed E-state index contributed by atoms with van der Waals surface area (Å²) in [4.78, 5) is 88.3. The van der Waals surface area contributed by atoms with Crippen molar-refractivity contribution in [2.24, 2.45) is 5.41 Å². The number of ether oxygens (including phenoxy) is 1. The number of amides is 2. The molecular weight excluding hydrogens is 955 g/mol. The first-order chi connectivity index (χ1) is 30.9. The van der Waals surface area contributed by atoms with E-state index in [9.17, 15) is 63.0 Å². The first-order valence-corrected chi connectivity index (χ1v) is 26.8. The summed E-state index contributed by atoms with van der Waals surface area (Å²) in [6, 6.07) is 0. The molecule has 0 saturated carbocycles. The number of nitrogen functional groups attached to an aromatic ring is 1. The fourth-order valence-electron chi connectivity index (χ4n) is 6.36. The number of nitrogens with one attached hydrogen (secondary N) is 2. The molecule has 3 rings (SSSR count). The zero-order valence-electron chi connectivity index (χ0n) is 37.0. The van der Waals surface area contributed by atoms with Crippen LogP contribution in [0, 0.1) is 5.41 Å². The van der Waals surface area contributed by atoms with Gasteiger partial charge in [-0.25, -0.2) is 28.6 Å². The Morgan fingerprint density at radius 1 is 0.955 bits per heavy atom. The molecule has 8 atom stereocenters. The minimum Gasteiger partial charge on any atom is -0.393 e. The number of carbonyl (C=O) groups excluding carboxylic acids is 3. The van der Waals surface area contributed by atoms with Gasteiger partial charge < -0.3 is 56.0 Å². The molecule has 25 nitrogen and oxygen atoms in total. The van der Waals surface area contributed by atoms with E-state index in [0.29, 0.717) is 18.6 Å². The molecule has 8 unspecified atom stereocenters. The van der Waals surface area contributed by atoms with Crippen molar-refractivity contribution >= 4 is 69.1 Å². The number of phosphoric ester groups is 3. The lowest BCUT2D eigenvalue weighted by atomic mass is 9.87. The van der Waals surface area contributed by atoms with Gasteiger partial charge in [0, 0.05) is 37.1 Å². The van der Waals surface area contributed by atoms with E-state index in [-0.39, 0.29) is 47.7 Å². The molecule has 0 aromatic carbocycles. The highest BCUT2D eigenvalue weighted by molar-refractivity contribution is 8.13.